The van der Waals surface area contributed by atoms with Gasteiger partial charge in [0, 0.05) is 31.2 Å². The van der Waals surface area contributed by atoms with E-state index in [1.54, 1.807) is 0 Å². The van der Waals surface area contributed by atoms with E-state index in [1.807, 2.05) is 25.3 Å². The lowest BCUT2D eigenvalue weighted by Gasteiger charge is -2.12. The van der Waals surface area contributed by atoms with Crippen LogP contribution in [0, 0.1) is 20.8 Å². The molecule has 4 nitrogen and oxygen atoms in total. The van der Waals surface area contributed by atoms with E-state index in [4.69, 9.17) is 4.98 Å². The van der Waals surface area contributed by atoms with Crippen LogP contribution in [0.2, 0.25) is 0 Å². The Balaban J connectivity index is 2.00. The third-order valence-electron chi connectivity index (χ3n) is 4.74. The van der Waals surface area contributed by atoms with Gasteiger partial charge >= 0.3 is 0 Å². The van der Waals surface area contributed by atoms with Gasteiger partial charge in [0.05, 0.1) is 11.0 Å². The van der Waals surface area contributed by atoms with Crippen LogP contribution in [-0.2, 0) is 7.05 Å². The topological polar surface area (TPSA) is 34.6 Å². The fourth-order valence-corrected chi connectivity index (χ4v) is 3.41. The number of fused-ring (bicyclic) bond motifs is 1. The summed E-state index contributed by atoms with van der Waals surface area (Å²) in [6.45, 7) is 6.31. The van der Waals surface area contributed by atoms with Gasteiger partial charge in [0.25, 0.3) is 5.82 Å². The van der Waals surface area contributed by atoms with Crippen molar-refractivity contribution in [3.05, 3.63) is 71.8 Å². The minimum Gasteiger partial charge on any atom is -0.327 e. The highest BCUT2D eigenvalue weighted by atomic mass is 15.1. The van der Waals surface area contributed by atoms with E-state index < -0.39 is 0 Å². The standard InChI is InChI=1S/C21H21N4/c1-14-12-17(21-23-18-8-5-6-9-19(18)24(21)4)15(2)20(13-14)25-11-7-10-22-16(25)3/h5-13H,1-4H3/q+1. The van der Waals surface area contributed by atoms with Gasteiger partial charge in [-0.25, -0.2) is 9.55 Å². The zero-order valence-corrected chi connectivity index (χ0v) is 15.0. The summed E-state index contributed by atoms with van der Waals surface area (Å²) < 4.78 is 4.30. The van der Waals surface area contributed by atoms with Crippen LogP contribution in [0.25, 0.3) is 28.1 Å². The predicted molar refractivity (Wildman–Crippen MR) is 99.7 cm³/mol. The molecule has 0 radical (unpaired) electrons. The Labute approximate surface area is 147 Å². The maximum Gasteiger partial charge on any atom is 0.300 e. The quantitative estimate of drug-likeness (QED) is 0.524. The van der Waals surface area contributed by atoms with Crippen LogP contribution in [0.5, 0.6) is 0 Å². The van der Waals surface area contributed by atoms with Gasteiger partial charge in [-0.15, -0.1) is 0 Å². The molecule has 2 aromatic carbocycles. The molecule has 4 heteroatoms. The summed E-state index contributed by atoms with van der Waals surface area (Å²) >= 11 is 0. The highest BCUT2D eigenvalue weighted by Gasteiger charge is 2.18. The van der Waals surface area contributed by atoms with Crippen molar-refractivity contribution in [2.24, 2.45) is 7.05 Å². The number of nitrogens with zero attached hydrogens (tertiary/aromatic N) is 4. The molecule has 0 fully saturated rings. The van der Waals surface area contributed by atoms with Gasteiger partial charge in [0.2, 0.25) is 0 Å². The molecule has 4 rings (SSSR count). The number of imidazole rings is 1. The van der Waals surface area contributed by atoms with Crippen LogP contribution in [0.15, 0.2) is 54.9 Å². The van der Waals surface area contributed by atoms with E-state index in [-0.39, 0.29) is 0 Å². The molecule has 0 amide bonds. The van der Waals surface area contributed by atoms with Gasteiger partial charge in [0.15, 0.2) is 0 Å². The summed E-state index contributed by atoms with van der Waals surface area (Å²) in [6, 6.07) is 14.6. The molecule has 2 aromatic heterocycles. The monoisotopic (exact) mass is 329 g/mol. The van der Waals surface area contributed by atoms with Crippen LogP contribution < -0.4 is 4.57 Å². The summed E-state index contributed by atoms with van der Waals surface area (Å²) in [5.41, 5.74) is 6.87. The maximum absolute atomic E-state index is 4.88. The Morgan fingerprint density at radius 2 is 1.80 bits per heavy atom. The largest absolute Gasteiger partial charge is 0.327 e. The van der Waals surface area contributed by atoms with Crippen molar-refractivity contribution in [1.29, 1.82) is 0 Å². The molecular weight excluding hydrogens is 308 g/mol. The minimum atomic E-state index is 0.965. The normalized spacial score (nSPS) is 11.2. The van der Waals surface area contributed by atoms with Crippen molar-refractivity contribution >= 4 is 11.0 Å². The first kappa shape index (κ1) is 15.5. The summed E-state index contributed by atoms with van der Waals surface area (Å²) in [7, 11) is 2.08. The van der Waals surface area contributed by atoms with Crippen LogP contribution in [0.1, 0.15) is 17.0 Å². The lowest BCUT2D eigenvalue weighted by atomic mass is 10.0. The fourth-order valence-electron chi connectivity index (χ4n) is 3.41. The van der Waals surface area contributed by atoms with E-state index in [0.717, 1.165) is 33.9 Å². The third-order valence-corrected chi connectivity index (χ3v) is 4.74. The molecule has 0 aliphatic rings. The van der Waals surface area contributed by atoms with Gasteiger partial charge in [-0.1, -0.05) is 17.1 Å². The van der Waals surface area contributed by atoms with Crippen LogP contribution in [0.3, 0.4) is 0 Å². The van der Waals surface area contributed by atoms with Gasteiger partial charge < -0.3 is 4.57 Å². The highest BCUT2D eigenvalue weighted by molar-refractivity contribution is 5.81. The lowest BCUT2D eigenvalue weighted by Crippen LogP contribution is -2.35. The molecule has 0 unspecified atom stereocenters. The number of hydrogen-bond acceptors (Lipinski definition) is 2. The average Bonchev–Trinajstić information content (AvgIpc) is 2.94. The second kappa shape index (κ2) is 5.81. The summed E-state index contributed by atoms with van der Waals surface area (Å²) in [4.78, 5) is 9.30. The number of para-hydroxylation sites is 2. The van der Waals surface area contributed by atoms with Gasteiger partial charge in [-0.2, -0.15) is 0 Å². The number of benzene rings is 2. The molecule has 0 saturated carbocycles. The smallest absolute Gasteiger partial charge is 0.300 e. The van der Waals surface area contributed by atoms with Crippen molar-refractivity contribution < 1.29 is 4.57 Å². The first-order valence-corrected chi connectivity index (χ1v) is 8.43. The molecule has 0 atom stereocenters. The Morgan fingerprint density at radius 1 is 1.00 bits per heavy atom. The summed E-state index contributed by atoms with van der Waals surface area (Å²) in [5, 5.41) is 0. The van der Waals surface area contributed by atoms with Gasteiger partial charge in [-0.3, -0.25) is 0 Å². The van der Waals surface area contributed by atoms with Crippen LogP contribution in [0.4, 0.5) is 0 Å². The van der Waals surface area contributed by atoms with Crippen molar-refractivity contribution in [3.8, 4) is 17.1 Å². The molecule has 0 spiro atoms. The molecule has 124 valence electrons. The second-order valence-corrected chi connectivity index (χ2v) is 6.48. The number of hydrogen-bond donors (Lipinski definition) is 0. The molecule has 25 heavy (non-hydrogen) atoms. The Morgan fingerprint density at radius 3 is 2.56 bits per heavy atom. The van der Waals surface area contributed by atoms with E-state index in [0.29, 0.717) is 0 Å². The Bertz CT molecular complexity index is 1090. The summed E-state index contributed by atoms with van der Waals surface area (Å²) in [6.07, 6.45) is 3.88. The fraction of sp³-hybridized carbons (Fsp3) is 0.190. The maximum atomic E-state index is 4.88. The molecule has 0 bridgehead atoms. The molecule has 0 saturated heterocycles. The van der Waals surface area contributed by atoms with Gasteiger partial charge in [0.1, 0.15) is 23.9 Å². The zero-order chi connectivity index (χ0) is 17.6. The second-order valence-electron chi connectivity index (χ2n) is 6.48. The molecule has 0 N–H and O–H groups in total. The Kier molecular flexibility index (Phi) is 3.61. The molecule has 0 aliphatic carbocycles. The van der Waals surface area contributed by atoms with E-state index >= 15 is 0 Å². The molecule has 0 aliphatic heterocycles. The van der Waals surface area contributed by atoms with Gasteiger partial charge in [-0.05, 0) is 43.7 Å². The molecular formula is C21H21N4+. The first-order chi connectivity index (χ1) is 12.1. The third kappa shape index (κ3) is 2.50. The predicted octanol–water partition coefficient (Wildman–Crippen LogP) is 3.84. The van der Waals surface area contributed by atoms with Crippen molar-refractivity contribution in [2.75, 3.05) is 0 Å². The number of rotatable bonds is 2. The molecule has 4 aromatic rings. The molecule has 2 heterocycles. The van der Waals surface area contributed by atoms with E-state index in [2.05, 4.69) is 71.5 Å². The van der Waals surface area contributed by atoms with Crippen molar-refractivity contribution in [3.63, 3.8) is 0 Å². The number of aryl methyl sites for hydroxylation is 3. The zero-order valence-electron chi connectivity index (χ0n) is 15.0. The summed E-state index contributed by atoms with van der Waals surface area (Å²) in [5.74, 6) is 1.96. The lowest BCUT2D eigenvalue weighted by molar-refractivity contribution is -0.606. The minimum absolute atomic E-state index is 0.965. The van der Waals surface area contributed by atoms with E-state index in [1.165, 1.54) is 11.1 Å². The first-order valence-electron chi connectivity index (χ1n) is 8.43. The van der Waals surface area contributed by atoms with Crippen molar-refractivity contribution in [2.45, 2.75) is 20.8 Å². The van der Waals surface area contributed by atoms with Crippen LogP contribution in [-0.4, -0.2) is 14.5 Å². The Hall–Kier alpha value is -3.01. The highest BCUT2D eigenvalue weighted by Crippen LogP contribution is 2.29. The van der Waals surface area contributed by atoms with Crippen LogP contribution >= 0.6 is 0 Å². The van der Waals surface area contributed by atoms with Crippen molar-refractivity contribution in [1.82, 2.24) is 14.5 Å². The SMILES string of the molecule is Cc1cc(-c2nc3ccccc3n2C)c(C)c(-[n+]2cccnc2C)c1. The number of aromatic nitrogens is 4. The van der Waals surface area contributed by atoms with E-state index in [9.17, 15) is 0 Å². The average molecular weight is 329 g/mol.